The van der Waals surface area contributed by atoms with E-state index >= 15 is 0 Å². The van der Waals surface area contributed by atoms with Gasteiger partial charge in [0.05, 0.1) is 10.5 Å². The molecule has 32 heavy (non-hydrogen) atoms. The third kappa shape index (κ3) is 4.60. The third-order valence-corrected chi connectivity index (χ3v) is 9.30. The number of sulfonamides is 1. The number of hydrogen-bond donors (Lipinski definition) is 0. The van der Waals surface area contributed by atoms with Crippen molar-refractivity contribution in [2.45, 2.75) is 57.0 Å². The van der Waals surface area contributed by atoms with E-state index in [9.17, 15) is 18.0 Å². The fourth-order valence-electron chi connectivity index (χ4n) is 4.30. The van der Waals surface area contributed by atoms with E-state index in [2.05, 4.69) is 0 Å². The molecule has 0 aliphatic carbocycles. The van der Waals surface area contributed by atoms with E-state index in [4.69, 9.17) is 4.74 Å². The predicted molar refractivity (Wildman–Crippen MR) is 122 cm³/mol. The molecule has 172 valence electrons. The minimum atomic E-state index is -3.70. The van der Waals surface area contributed by atoms with Crippen LogP contribution < -0.4 is 0 Å². The second-order valence-corrected chi connectivity index (χ2v) is 11.3. The fraction of sp³-hybridized carbons (Fsp3) is 0.478. The number of ether oxygens (including phenoxy) is 1. The molecule has 0 spiro atoms. The number of carbonyl (C=O) groups is 2. The van der Waals surface area contributed by atoms with Gasteiger partial charge in [-0.1, -0.05) is 12.5 Å². The molecule has 3 heterocycles. The second kappa shape index (κ2) is 9.33. The van der Waals surface area contributed by atoms with Crippen LogP contribution in [0.25, 0.3) is 0 Å². The summed E-state index contributed by atoms with van der Waals surface area (Å²) in [7, 11) is -3.70. The Morgan fingerprint density at radius 1 is 1.19 bits per heavy atom. The van der Waals surface area contributed by atoms with E-state index < -0.39 is 16.0 Å². The lowest BCUT2D eigenvalue weighted by Gasteiger charge is -2.32. The number of benzene rings is 1. The first-order chi connectivity index (χ1) is 15.3. The molecule has 4 rings (SSSR count). The van der Waals surface area contributed by atoms with Gasteiger partial charge in [0, 0.05) is 30.6 Å². The van der Waals surface area contributed by atoms with Gasteiger partial charge in [0.15, 0.2) is 6.61 Å². The smallest absolute Gasteiger partial charge is 0.338 e. The topological polar surface area (TPSA) is 84.0 Å². The monoisotopic (exact) mass is 476 g/mol. The van der Waals surface area contributed by atoms with Crippen LogP contribution in [0.4, 0.5) is 0 Å². The number of aryl methyl sites for hydroxylation is 1. The number of carbonyl (C=O) groups excluding carboxylic acids is 2. The third-order valence-electron chi connectivity index (χ3n) is 6.26. The number of rotatable bonds is 5. The minimum Gasteiger partial charge on any atom is -0.452 e. The first-order valence-electron chi connectivity index (χ1n) is 10.9. The van der Waals surface area contributed by atoms with Gasteiger partial charge in [0.25, 0.3) is 5.91 Å². The molecule has 1 atom stereocenters. The van der Waals surface area contributed by atoms with Gasteiger partial charge in [-0.05, 0) is 67.8 Å². The van der Waals surface area contributed by atoms with Gasteiger partial charge < -0.3 is 9.64 Å². The summed E-state index contributed by atoms with van der Waals surface area (Å²) in [6.07, 6.45) is 3.47. The van der Waals surface area contributed by atoms with Crippen molar-refractivity contribution in [1.29, 1.82) is 0 Å². The molecule has 0 radical (unpaired) electrons. The Labute approximate surface area is 193 Å². The highest BCUT2D eigenvalue weighted by Crippen LogP contribution is 2.27. The summed E-state index contributed by atoms with van der Waals surface area (Å²) in [5, 5.41) is 2.02. The summed E-state index contributed by atoms with van der Waals surface area (Å²) >= 11 is 1.69. The van der Waals surface area contributed by atoms with Crippen LogP contribution in [-0.2, 0) is 32.5 Å². The summed E-state index contributed by atoms with van der Waals surface area (Å²) in [5.74, 6) is -0.938. The van der Waals surface area contributed by atoms with Crippen LogP contribution in [-0.4, -0.2) is 55.2 Å². The number of piperidine rings is 1. The lowest BCUT2D eigenvalue weighted by molar-refractivity contribution is -0.135. The van der Waals surface area contributed by atoms with Gasteiger partial charge in [-0.15, -0.1) is 11.3 Å². The summed E-state index contributed by atoms with van der Waals surface area (Å²) in [6, 6.07) is 6.46. The number of esters is 1. The summed E-state index contributed by atoms with van der Waals surface area (Å²) in [5.41, 5.74) is 1.91. The van der Waals surface area contributed by atoms with E-state index in [1.165, 1.54) is 21.3 Å². The number of fused-ring (bicyclic) bond motifs is 1. The first-order valence-corrected chi connectivity index (χ1v) is 13.2. The number of thiophene rings is 1. The Morgan fingerprint density at radius 3 is 2.78 bits per heavy atom. The van der Waals surface area contributed by atoms with Gasteiger partial charge in [0.2, 0.25) is 10.0 Å². The Balaban J connectivity index is 1.44. The molecule has 0 N–H and O–H groups in total. The molecule has 0 bridgehead atoms. The Bertz CT molecular complexity index is 1130. The second-order valence-electron chi connectivity index (χ2n) is 8.45. The van der Waals surface area contributed by atoms with Gasteiger partial charge >= 0.3 is 5.97 Å². The van der Waals surface area contributed by atoms with Crippen molar-refractivity contribution in [3.05, 3.63) is 51.2 Å². The molecule has 1 amide bonds. The lowest BCUT2D eigenvalue weighted by Crippen LogP contribution is -2.42. The van der Waals surface area contributed by atoms with Crippen LogP contribution in [0.5, 0.6) is 0 Å². The molecule has 1 unspecified atom stereocenters. The molecule has 2 aromatic rings. The van der Waals surface area contributed by atoms with Crippen LogP contribution in [0.2, 0.25) is 0 Å². The molecule has 1 saturated heterocycles. The summed E-state index contributed by atoms with van der Waals surface area (Å²) in [4.78, 5) is 28.4. The fourth-order valence-corrected chi connectivity index (χ4v) is 6.92. The maximum Gasteiger partial charge on any atom is 0.338 e. The van der Waals surface area contributed by atoms with E-state index in [1.807, 2.05) is 18.4 Å². The van der Waals surface area contributed by atoms with Crippen LogP contribution in [0, 0.1) is 6.92 Å². The number of hydrogen-bond acceptors (Lipinski definition) is 6. The Morgan fingerprint density at radius 2 is 2.00 bits per heavy atom. The number of nitrogens with zero attached hydrogens (tertiary/aromatic N) is 2. The van der Waals surface area contributed by atoms with Crippen LogP contribution in [0.1, 0.15) is 52.5 Å². The highest BCUT2D eigenvalue weighted by molar-refractivity contribution is 7.89. The van der Waals surface area contributed by atoms with Gasteiger partial charge in [-0.2, -0.15) is 4.31 Å². The molecule has 1 aromatic heterocycles. The van der Waals surface area contributed by atoms with E-state index in [-0.39, 0.29) is 29.0 Å². The Kier molecular flexibility index (Phi) is 6.69. The van der Waals surface area contributed by atoms with Crippen LogP contribution >= 0.6 is 11.3 Å². The molecule has 1 aromatic carbocycles. The Hall–Kier alpha value is -2.23. The standard InChI is InChI=1S/C23H28N2O5S2/c1-16-6-7-19(32(28,29)25-10-4-3-5-17(25)2)13-20(16)23(27)30-15-22(26)24-11-8-21-18(14-24)9-12-31-21/h6-7,9,12-13,17H,3-5,8,10-11,14-15H2,1-2H3. The van der Waals surface area contributed by atoms with E-state index in [1.54, 1.807) is 29.2 Å². The van der Waals surface area contributed by atoms with Gasteiger partial charge in [-0.3, -0.25) is 4.79 Å². The maximum atomic E-state index is 13.1. The molecule has 1 fully saturated rings. The first kappa shape index (κ1) is 22.9. The molecule has 2 aliphatic heterocycles. The zero-order valence-corrected chi connectivity index (χ0v) is 20.0. The molecule has 2 aliphatic rings. The van der Waals surface area contributed by atoms with E-state index in [0.29, 0.717) is 25.2 Å². The van der Waals surface area contributed by atoms with Crippen molar-refractivity contribution in [1.82, 2.24) is 9.21 Å². The van der Waals surface area contributed by atoms with Crippen molar-refractivity contribution in [3.63, 3.8) is 0 Å². The van der Waals surface area contributed by atoms with Gasteiger partial charge in [0.1, 0.15) is 0 Å². The summed E-state index contributed by atoms with van der Waals surface area (Å²) < 4.78 is 33.1. The zero-order valence-electron chi connectivity index (χ0n) is 18.4. The predicted octanol–water partition coefficient (Wildman–Crippen LogP) is 3.36. The van der Waals surface area contributed by atoms with E-state index in [0.717, 1.165) is 31.2 Å². The van der Waals surface area contributed by atoms with Crippen molar-refractivity contribution < 1.29 is 22.7 Å². The largest absolute Gasteiger partial charge is 0.452 e. The maximum absolute atomic E-state index is 13.1. The van der Waals surface area contributed by atoms with Crippen LogP contribution in [0.3, 0.4) is 0 Å². The normalized spacial score (nSPS) is 19.4. The van der Waals surface area contributed by atoms with Crippen molar-refractivity contribution in [2.75, 3.05) is 19.7 Å². The SMILES string of the molecule is Cc1ccc(S(=O)(=O)N2CCCCC2C)cc1C(=O)OCC(=O)N1CCc2sccc2C1. The summed E-state index contributed by atoms with van der Waals surface area (Å²) in [6.45, 7) is 4.87. The van der Waals surface area contributed by atoms with Gasteiger partial charge in [-0.25, -0.2) is 13.2 Å². The quantitative estimate of drug-likeness (QED) is 0.618. The highest BCUT2D eigenvalue weighted by Gasteiger charge is 2.32. The van der Waals surface area contributed by atoms with Crippen molar-refractivity contribution in [2.24, 2.45) is 0 Å². The van der Waals surface area contributed by atoms with Crippen molar-refractivity contribution >= 4 is 33.2 Å². The lowest BCUT2D eigenvalue weighted by atomic mass is 10.1. The average molecular weight is 477 g/mol. The molecule has 7 nitrogen and oxygen atoms in total. The minimum absolute atomic E-state index is 0.0728. The molecular weight excluding hydrogens is 448 g/mol. The number of amides is 1. The zero-order chi connectivity index (χ0) is 22.9. The van der Waals surface area contributed by atoms with Crippen LogP contribution in [0.15, 0.2) is 34.5 Å². The highest BCUT2D eigenvalue weighted by atomic mass is 32.2. The average Bonchev–Trinajstić information content (AvgIpc) is 3.25. The molecule has 9 heteroatoms. The van der Waals surface area contributed by atoms with Crippen molar-refractivity contribution in [3.8, 4) is 0 Å². The molecule has 0 saturated carbocycles. The molecular formula is C23H28N2O5S2.